The minimum Gasteiger partial charge on any atom is -0.420 e. The number of ether oxygens (including phenoxy) is 1. The average molecular weight is 323 g/mol. The number of aromatic nitrogens is 2. The van der Waals surface area contributed by atoms with E-state index in [0.29, 0.717) is 18.2 Å². The molecule has 0 fully saturated rings. The smallest absolute Gasteiger partial charge is 0.249 e. The molecule has 0 bridgehead atoms. The summed E-state index contributed by atoms with van der Waals surface area (Å²) in [5.41, 5.74) is 7.75. The van der Waals surface area contributed by atoms with E-state index < -0.39 is 11.6 Å². The van der Waals surface area contributed by atoms with Crippen molar-refractivity contribution in [2.45, 2.75) is 25.0 Å². The Morgan fingerprint density at radius 1 is 1.04 bits per heavy atom. The van der Waals surface area contributed by atoms with Crippen molar-refractivity contribution in [1.29, 1.82) is 0 Å². The number of benzene rings is 2. The Morgan fingerprint density at radius 2 is 1.67 bits per heavy atom. The fourth-order valence-electron chi connectivity index (χ4n) is 2.67. The Labute approximate surface area is 141 Å². The molecule has 3 aromatic rings. The van der Waals surface area contributed by atoms with Gasteiger partial charge in [-0.3, -0.25) is 0 Å². The van der Waals surface area contributed by atoms with Crippen molar-refractivity contribution >= 4 is 0 Å². The quantitative estimate of drug-likeness (QED) is 0.754. The third-order valence-electron chi connectivity index (χ3n) is 3.91. The van der Waals surface area contributed by atoms with Crippen molar-refractivity contribution in [2.24, 2.45) is 5.73 Å². The van der Waals surface area contributed by atoms with Crippen molar-refractivity contribution in [3.8, 4) is 0 Å². The van der Waals surface area contributed by atoms with Crippen LogP contribution in [0.25, 0.3) is 0 Å². The second kappa shape index (κ2) is 6.95. The molecule has 0 spiro atoms. The lowest BCUT2D eigenvalue weighted by Crippen LogP contribution is -2.35. The predicted octanol–water partition coefficient (Wildman–Crippen LogP) is 3.22. The zero-order valence-corrected chi connectivity index (χ0v) is 13.8. The van der Waals surface area contributed by atoms with Gasteiger partial charge in [0.05, 0.1) is 5.54 Å². The molecule has 0 radical (unpaired) electrons. The van der Waals surface area contributed by atoms with Crippen LogP contribution < -0.4 is 5.73 Å². The highest BCUT2D eigenvalue weighted by atomic mass is 16.5. The normalized spacial score (nSPS) is 15.0. The number of nitrogens with zero attached hydrogens (tertiary/aromatic N) is 2. The van der Waals surface area contributed by atoms with Crippen LogP contribution in [0.5, 0.6) is 0 Å². The topological polar surface area (TPSA) is 74.2 Å². The standard InChI is InChI=1S/C19H21N3O2/c1-19(20,13-14-9-5-3-6-10-14)18-22-21-17(24-18)16(23-2)15-11-7-4-8-12-15/h3-12,16H,13,20H2,1-2H3/t16-,19-/m1/s1. The Morgan fingerprint density at radius 3 is 2.29 bits per heavy atom. The van der Waals surface area contributed by atoms with E-state index in [9.17, 15) is 0 Å². The van der Waals surface area contributed by atoms with Gasteiger partial charge in [0, 0.05) is 7.11 Å². The maximum atomic E-state index is 6.43. The Hall–Kier alpha value is -2.50. The Bertz CT molecular complexity index is 770. The third kappa shape index (κ3) is 3.53. The molecule has 2 atom stereocenters. The van der Waals surface area contributed by atoms with Crippen LogP contribution in [0.4, 0.5) is 0 Å². The summed E-state index contributed by atoms with van der Waals surface area (Å²) in [7, 11) is 1.62. The Balaban J connectivity index is 1.84. The van der Waals surface area contributed by atoms with Gasteiger partial charge < -0.3 is 14.9 Å². The highest BCUT2D eigenvalue weighted by Gasteiger charge is 2.30. The number of methoxy groups -OCH3 is 1. The number of hydrogen-bond acceptors (Lipinski definition) is 5. The molecule has 24 heavy (non-hydrogen) atoms. The molecule has 0 aliphatic rings. The van der Waals surface area contributed by atoms with Gasteiger partial charge in [-0.2, -0.15) is 0 Å². The van der Waals surface area contributed by atoms with Gasteiger partial charge in [-0.15, -0.1) is 10.2 Å². The van der Waals surface area contributed by atoms with E-state index in [2.05, 4.69) is 10.2 Å². The van der Waals surface area contributed by atoms with E-state index in [1.165, 1.54) is 0 Å². The molecule has 0 saturated heterocycles. The third-order valence-corrected chi connectivity index (χ3v) is 3.91. The van der Waals surface area contributed by atoms with Gasteiger partial charge in [0.1, 0.15) is 0 Å². The van der Waals surface area contributed by atoms with Crippen LogP contribution in [0.1, 0.15) is 35.9 Å². The van der Waals surface area contributed by atoms with E-state index in [0.717, 1.165) is 11.1 Å². The van der Waals surface area contributed by atoms with Gasteiger partial charge in [-0.1, -0.05) is 60.7 Å². The zero-order chi connectivity index (χ0) is 17.0. The maximum Gasteiger partial charge on any atom is 0.249 e. The lowest BCUT2D eigenvalue weighted by atomic mass is 9.94. The van der Waals surface area contributed by atoms with Crippen molar-refractivity contribution in [1.82, 2.24) is 10.2 Å². The van der Waals surface area contributed by atoms with Gasteiger partial charge in [-0.25, -0.2) is 0 Å². The molecule has 0 unspecified atom stereocenters. The molecule has 0 aliphatic carbocycles. The zero-order valence-electron chi connectivity index (χ0n) is 13.8. The lowest BCUT2D eigenvalue weighted by molar-refractivity contribution is 0.108. The molecule has 3 rings (SSSR count). The van der Waals surface area contributed by atoms with Crippen LogP contribution in [0.3, 0.4) is 0 Å². The van der Waals surface area contributed by atoms with E-state index >= 15 is 0 Å². The first kappa shape index (κ1) is 16.4. The summed E-state index contributed by atoms with van der Waals surface area (Å²) in [4.78, 5) is 0. The van der Waals surface area contributed by atoms with Crippen molar-refractivity contribution < 1.29 is 9.15 Å². The minimum atomic E-state index is -0.748. The molecule has 0 aliphatic heterocycles. The number of hydrogen-bond donors (Lipinski definition) is 1. The summed E-state index contributed by atoms with van der Waals surface area (Å²) in [6, 6.07) is 19.8. The van der Waals surface area contributed by atoms with Gasteiger partial charge in [-0.05, 0) is 24.5 Å². The van der Waals surface area contributed by atoms with Crippen LogP contribution in [-0.4, -0.2) is 17.3 Å². The molecular weight excluding hydrogens is 302 g/mol. The molecule has 5 nitrogen and oxygen atoms in total. The highest BCUT2D eigenvalue weighted by Crippen LogP contribution is 2.28. The fraction of sp³-hybridized carbons (Fsp3) is 0.263. The number of rotatable bonds is 6. The largest absolute Gasteiger partial charge is 0.420 e. The summed E-state index contributed by atoms with van der Waals surface area (Å²) in [5.74, 6) is 0.808. The summed E-state index contributed by atoms with van der Waals surface area (Å²) in [6.45, 7) is 1.89. The fourth-order valence-corrected chi connectivity index (χ4v) is 2.67. The first-order valence-corrected chi connectivity index (χ1v) is 7.84. The summed E-state index contributed by atoms with van der Waals surface area (Å²) in [6.07, 6.45) is 0.207. The van der Waals surface area contributed by atoms with Crippen molar-refractivity contribution in [3.05, 3.63) is 83.6 Å². The van der Waals surface area contributed by atoms with Crippen molar-refractivity contribution in [2.75, 3.05) is 7.11 Å². The molecule has 5 heteroatoms. The SMILES string of the molecule is CO[C@H](c1ccccc1)c1nnc([C@](C)(N)Cc2ccccc2)o1. The van der Waals surface area contributed by atoms with Gasteiger partial charge in [0.15, 0.2) is 6.10 Å². The van der Waals surface area contributed by atoms with Crippen LogP contribution in [0.15, 0.2) is 65.1 Å². The van der Waals surface area contributed by atoms with E-state index in [-0.39, 0.29) is 0 Å². The molecule has 124 valence electrons. The predicted molar refractivity (Wildman–Crippen MR) is 91.3 cm³/mol. The second-order valence-corrected chi connectivity index (χ2v) is 6.05. The van der Waals surface area contributed by atoms with Crippen LogP contribution in [-0.2, 0) is 16.7 Å². The minimum absolute atomic E-state index is 0.402. The van der Waals surface area contributed by atoms with E-state index in [1.54, 1.807) is 7.11 Å². The van der Waals surface area contributed by atoms with Crippen LogP contribution >= 0.6 is 0 Å². The lowest BCUT2D eigenvalue weighted by Gasteiger charge is -2.20. The van der Waals surface area contributed by atoms with E-state index in [1.807, 2.05) is 67.6 Å². The second-order valence-electron chi connectivity index (χ2n) is 6.05. The van der Waals surface area contributed by atoms with Crippen LogP contribution in [0, 0.1) is 0 Å². The first-order chi connectivity index (χ1) is 11.6. The molecule has 2 aromatic carbocycles. The van der Waals surface area contributed by atoms with E-state index in [4.69, 9.17) is 14.9 Å². The monoisotopic (exact) mass is 323 g/mol. The molecule has 0 amide bonds. The molecule has 1 heterocycles. The molecule has 2 N–H and O–H groups in total. The van der Waals surface area contributed by atoms with Gasteiger partial charge >= 0.3 is 0 Å². The van der Waals surface area contributed by atoms with Crippen molar-refractivity contribution in [3.63, 3.8) is 0 Å². The summed E-state index contributed by atoms with van der Waals surface area (Å²) in [5, 5.41) is 8.31. The first-order valence-electron chi connectivity index (χ1n) is 7.84. The summed E-state index contributed by atoms with van der Waals surface area (Å²) < 4.78 is 11.4. The molecular formula is C19H21N3O2. The summed E-state index contributed by atoms with van der Waals surface area (Å²) >= 11 is 0. The maximum absolute atomic E-state index is 6.43. The molecule has 0 saturated carbocycles. The highest BCUT2D eigenvalue weighted by molar-refractivity contribution is 5.23. The molecule has 1 aromatic heterocycles. The van der Waals surface area contributed by atoms with Gasteiger partial charge in [0.25, 0.3) is 0 Å². The van der Waals surface area contributed by atoms with Gasteiger partial charge in [0.2, 0.25) is 11.8 Å². The number of nitrogens with two attached hydrogens (primary N) is 1. The van der Waals surface area contributed by atoms with Crippen LogP contribution in [0.2, 0.25) is 0 Å². The average Bonchev–Trinajstić information content (AvgIpc) is 3.08. The Kier molecular flexibility index (Phi) is 4.74.